The Labute approximate surface area is 118 Å². The van der Waals surface area contributed by atoms with E-state index < -0.39 is 0 Å². The van der Waals surface area contributed by atoms with Gasteiger partial charge in [-0.25, -0.2) is 0 Å². The molecular formula is C18H27N. The second-order valence-corrected chi connectivity index (χ2v) is 3.13. The Balaban J connectivity index is 0. The third-order valence-electron chi connectivity index (χ3n) is 2.03. The van der Waals surface area contributed by atoms with E-state index in [1.54, 1.807) is 6.08 Å². The van der Waals surface area contributed by atoms with Crippen molar-refractivity contribution in [1.29, 1.82) is 0 Å². The van der Waals surface area contributed by atoms with Gasteiger partial charge in [-0.15, -0.1) is 0 Å². The highest BCUT2D eigenvalue weighted by atomic mass is 14.4. The standard InChI is InChI=1S/C15H16.C2H6.CH5N/c1-3-5-9-14(4-2)12-13-15-10-7-6-8-11-15;2*1-2/h3-13H,1H2,2H3;1-2H3;2H2,1H3/b9-5-,13-12?,14-4+;;. The molecule has 1 heteroatoms. The summed E-state index contributed by atoms with van der Waals surface area (Å²) < 4.78 is 0. The molecule has 0 atom stereocenters. The number of benzene rings is 1. The van der Waals surface area contributed by atoms with Crippen molar-refractivity contribution >= 4 is 6.08 Å². The molecule has 0 spiro atoms. The predicted molar refractivity (Wildman–Crippen MR) is 90.0 cm³/mol. The van der Waals surface area contributed by atoms with Crippen LogP contribution in [-0.2, 0) is 0 Å². The first-order valence-electron chi connectivity index (χ1n) is 6.63. The van der Waals surface area contributed by atoms with Crippen LogP contribution >= 0.6 is 0 Å². The molecule has 0 saturated heterocycles. The summed E-state index contributed by atoms with van der Waals surface area (Å²) in [6.07, 6.45) is 12.0. The topological polar surface area (TPSA) is 26.0 Å². The van der Waals surface area contributed by atoms with Crippen LogP contribution in [0.15, 0.2) is 72.9 Å². The minimum atomic E-state index is 1.18. The van der Waals surface area contributed by atoms with Crippen molar-refractivity contribution in [3.05, 3.63) is 78.4 Å². The zero-order valence-corrected chi connectivity index (χ0v) is 12.6. The summed E-state index contributed by atoms with van der Waals surface area (Å²) in [5, 5.41) is 0. The van der Waals surface area contributed by atoms with Crippen molar-refractivity contribution in [2.75, 3.05) is 7.05 Å². The third-order valence-corrected chi connectivity index (χ3v) is 2.03. The van der Waals surface area contributed by atoms with Crippen molar-refractivity contribution in [2.24, 2.45) is 5.73 Å². The molecule has 0 aromatic heterocycles. The first-order valence-corrected chi connectivity index (χ1v) is 6.63. The van der Waals surface area contributed by atoms with E-state index >= 15 is 0 Å². The van der Waals surface area contributed by atoms with Gasteiger partial charge in [0, 0.05) is 0 Å². The van der Waals surface area contributed by atoms with Gasteiger partial charge < -0.3 is 5.73 Å². The first-order chi connectivity index (χ1) is 9.36. The quantitative estimate of drug-likeness (QED) is 0.756. The zero-order valence-electron chi connectivity index (χ0n) is 12.6. The van der Waals surface area contributed by atoms with Crippen molar-refractivity contribution in [2.45, 2.75) is 20.8 Å². The van der Waals surface area contributed by atoms with Gasteiger partial charge in [-0.2, -0.15) is 0 Å². The van der Waals surface area contributed by atoms with Gasteiger partial charge in [0.2, 0.25) is 0 Å². The van der Waals surface area contributed by atoms with Crippen LogP contribution < -0.4 is 5.73 Å². The van der Waals surface area contributed by atoms with Crippen LogP contribution in [0.3, 0.4) is 0 Å². The highest BCUT2D eigenvalue weighted by Gasteiger charge is 1.84. The molecule has 104 valence electrons. The summed E-state index contributed by atoms with van der Waals surface area (Å²) in [7, 11) is 1.50. The Kier molecular flexibility index (Phi) is 16.5. The van der Waals surface area contributed by atoms with Crippen LogP contribution in [0.2, 0.25) is 0 Å². The molecule has 1 rings (SSSR count). The average molecular weight is 257 g/mol. The van der Waals surface area contributed by atoms with Gasteiger partial charge in [0.15, 0.2) is 0 Å². The molecule has 0 heterocycles. The lowest BCUT2D eigenvalue weighted by atomic mass is 10.1. The normalized spacial score (nSPS) is 10.5. The van der Waals surface area contributed by atoms with E-state index in [2.05, 4.69) is 42.7 Å². The fourth-order valence-corrected chi connectivity index (χ4v) is 1.18. The Morgan fingerprint density at radius 2 is 1.63 bits per heavy atom. The zero-order chi connectivity index (χ0) is 14.9. The lowest BCUT2D eigenvalue weighted by Gasteiger charge is -1.93. The van der Waals surface area contributed by atoms with E-state index in [1.807, 2.05) is 51.1 Å². The molecule has 0 amide bonds. The summed E-state index contributed by atoms with van der Waals surface area (Å²) in [6, 6.07) is 10.3. The lowest BCUT2D eigenvalue weighted by Crippen LogP contribution is -1.72. The SMILES string of the molecule is C=C/C=C\C(C=Cc1ccccc1)=C/C.CC.CN. The number of hydrogen-bond acceptors (Lipinski definition) is 1. The first kappa shape index (κ1) is 19.5. The number of rotatable bonds is 4. The third kappa shape index (κ3) is 11.0. The van der Waals surface area contributed by atoms with E-state index in [1.165, 1.54) is 18.2 Å². The summed E-state index contributed by atoms with van der Waals surface area (Å²) in [5.74, 6) is 0. The summed E-state index contributed by atoms with van der Waals surface area (Å²) in [4.78, 5) is 0. The van der Waals surface area contributed by atoms with Crippen LogP contribution in [0.4, 0.5) is 0 Å². The molecule has 0 unspecified atom stereocenters. The number of hydrogen-bond donors (Lipinski definition) is 1. The Hall–Kier alpha value is -1.86. The van der Waals surface area contributed by atoms with Gasteiger partial charge in [-0.05, 0) is 25.1 Å². The minimum Gasteiger partial charge on any atom is -0.333 e. The monoisotopic (exact) mass is 257 g/mol. The van der Waals surface area contributed by atoms with E-state index in [4.69, 9.17) is 0 Å². The van der Waals surface area contributed by atoms with E-state index in [-0.39, 0.29) is 0 Å². The Bertz CT molecular complexity index is 383. The highest BCUT2D eigenvalue weighted by molar-refractivity contribution is 5.54. The van der Waals surface area contributed by atoms with Crippen LogP contribution in [0.25, 0.3) is 6.08 Å². The second kappa shape index (κ2) is 16.1. The average Bonchev–Trinajstić information content (AvgIpc) is 2.52. The van der Waals surface area contributed by atoms with Gasteiger partial charge in [0.1, 0.15) is 0 Å². The van der Waals surface area contributed by atoms with Crippen molar-refractivity contribution < 1.29 is 0 Å². The van der Waals surface area contributed by atoms with E-state index in [0.29, 0.717) is 0 Å². The summed E-state index contributed by atoms with van der Waals surface area (Å²) >= 11 is 0. The highest BCUT2D eigenvalue weighted by Crippen LogP contribution is 2.06. The molecule has 1 nitrogen and oxygen atoms in total. The van der Waals surface area contributed by atoms with Gasteiger partial charge in [-0.1, -0.05) is 87.2 Å². The molecule has 1 aromatic carbocycles. The maximum absolute atomic E-state index is 4.50. The van der Waals surface area contributed by atoms with Gasteiger partial charge in [-0.3, -0.25) is 0 Å². The maximum atomic E-state index is 4.50. The summed E-state index contributed by atoms with van der Waals surface area (Å²) in [5.41, 5.74) is 6.89. The van der Waals surface area contributed by atoms with Crippen molar-refractivity contribution in [1.82, 2.24) is 0 Å². The fraction of sp³-hybridized carbons (Fsp3) is 0.222. The molecule has 0 aliphatic rings. The largest absolute Gasteiger partial charge is 0.333 e. The van der Waals surface area contributed by atoms with Crippen molar-refractivity contribution in [3.63, 3.8) is 0 Å². The van der Waals surface area contributed by atoms with E-state index in [9.17, 15) is 0 Å². The molecule has 1 aromatic rings. The second-order valence-electron chi connectivity index (χ2n) is 3.13. The maximum Gasteiger partial charge on any atom is -0.0195 e. The molecular weight excluding hydrogens is 230 g/mol. The molecule has 0 aliphatic carbocycles. The van der Waals surface area contributed by atoms with Gasteiger partial charge >= 0.3 is 0 Å². The molecule has 0 bridgehead atoms. The van der Waals surface area contributed by atoms with Gasteiger partial charge in [0.05, 0.1) is 0 Å². The summed E-state index contributed by atoms with van der Waals surface area (Å²) in [6.45, 7) is 9.67. The van der Waals surface area contributed by atoms with Crippen LogP contribution in [-0.4, -0.2) is 7.05 Å². The smallest absolute Gasteiger partial charge is 0.0195 e. The molecule has 0 fully saturated rings. The minimum absolute atomic E-state index is 1.18. The predicted octanol–water partition coefficient (Wildman–Crippen LogP) is 4.99. The van der Waals surface area contributed by atoms with Crippen LogP contribution in [0.1, 0.15) is 26.3 Å². The molecule has 2 N–H and O–H groups in total. The number of nitrogens with two attached hydrogens (primary N) is 1. The molecule has 0 aliphatic heterocycles. The van der Waals surface area contributed by atoms with Crippen molar-refractivity contribution in [3.8, 4) is 0 Å². The van der Waals surface area contributed by atoms with E-state index in [0.717, 1.165) is 0 Å². The van der Waals surface area contributed by atoms with Crippen LogP contribution in [0.5, 0.6) is 0 Å². The van der Waals surface area contributed by atoms with Crippen LogP contribution in [0, 0.1) is 0 Å². The fourth-order valence-electron chi connectivity index (χ4n) is 1.18. The molecule has 0 radical (unpaired) electrons. The molecule has 19 heavy (non-hydrogen) atoms. The Morgan fingerprint density at radius 3 is 2.11 bits per heavy atom. The molecule has 0 saturated carbocycles. The lowest BCUT2D eigenvalue weighted by molar-refractivity contribution is 1.48. The number of allylic oxidation sites excluding steroid dienone is 6. The Morgan fingerprint density at radius 1 is 1.05 bits per heavy atom. The van der Waals surface area contributed by atoms with Gasteiger partial charge in [0.25, 0.3) is 0 Å².